The molecule has 0 radical (unpaired) electrons. The summed E-state index contributed by atoms with van der Waals surface area (Å²) in [7, 11) is 0. The topological polar surface area (TPSA) is 98.3 Å². The maximum Gasteiger partial charge on any atom is 0.280 e. The molecular formula is C12H15N3O4. The lowest BCUT2D eigenvalue weighted by Crippen LogP contribution is -2.25. The molecule has 1 aliphatic rings. The molecule has 1 aliphatic carbocycles. The average molecular weight is 265 g/mol. The van der Waals surface area contributed by atoms with Gasteiger partial charge in [0, 0.05) is 24.2 Å². The minimum Gasteiger partial charge on any atom is -0.310 e. The first-order chi connectivity index (χ1) is 9.08. The predicted molar refractivity (Wildman–Crippen MR) is 68.8 cm³/mol. The molecular weight excluding hydrogens is 250 g/mol. The van der Waals surface area contributed by atoms with Crippen molar-refractivity contribution in [1.82, 2.24) is 5.32 Å². The van der Waals surface area contributed by atoms with E-state index in [1.165, 1.54) is 25.0 Å². The van der Waals surface area contributed by atoms with Crippen molar-refractivity contribution >= 4 is 11.4 Å². The molecule has 0 heterocycles. The molecule has 19 heavy (non-hydrogen) atoms. The molecule has 1 aromatic rings. The maximum absolute atomic E-state index is 10.9. The summed E-state index contributed by atoms with van der Waals surface area (Å²) in [4.78, 5) is 20.4. The second-order valence-corrected chi connectivity index (χ2v) is 4.69. The Hall–Kier alpha value is -2.02. The highest BCUT2D eigenvalue weighted by Crippen LogP contribution is 2.25. The number of nitrogens with zero attached hydrogens (tertiary/aromatic N) is 2. The number of nitro benzene ring substituents is 2. The molecule has 1 N–H and O–H groups in total. The molecule has 1 saturated carbocycles. The summed E-state index contributed by atoms with van der Waals surface area (Å²) in [6.07, 6.45) is 4.53. The van der Waals surface area contributed by atoms with Gasteiger partial charge in [-0.3, -0.25) is 20.2 Å². The van der Waals surface area contributed by atoms with Crippen LogP contribution in [-0.4, -0.2) is 15.9 Å². The van der Waals surface area contributed by atoms with Crippen LogP contribution in [0.3, 0.4) is 0 Å². The van der Waals surface area contributed by atoms with E-state index in [0.717, 1.165) is 18.9 Å². The first-order valence-electron chi connectivity index (χ1n) is 6.23. The van der Waals surface area contributed by atoms with Gasteiger partial charge in [-0.1, -0.05) is 12.8 Å². The van der Waals surface area contributed by atoms with Crippen molar-refractivity contribution in [2.24, 2.45) is 0 Å². The van der Waals surface area contributed by atoms with Crippen molar-refractivity contribution in [2.75, 3.05) is 0 Å². The van der Waals surface area contributed by atoms with Crippen LogP contribution >= 0.6 is 0 Å². The SMILES string of the molecule is O=[N+]([O-])c1ccc(CNC2CCCC2)c([N+](=O)[O-])c1. The predicted octanol–water partition coefficient (Wildman–Crippen LogP) is 2.54. The summed E-state index contributed by atoms with van der Waals surface area (Å²) < 4.78 is 0. The summed E-state index contributed by atoms with van der Waals surface area (Å²) in [5.41, 5.74) is 0.0403. The molecule has 7 heteroatoms. The summed E-state index contributed by atoms with van der Waals surface area (Å²) in [5, 5.41) is 24.8. The number of hydrogen-bond acceptors (Lipinski definition) is 5. The number of nitrogens with one attached hydrogen (secondary N) is 1. The third-order valence-electron chi connectivity index (χ3n) is 3.41. The molecule has 0 saturated heterocycles. The van der Waals surface area contributed by atoms with Gasteiger partial charge in [0.2, 0.25) is 0 Å². The summed E-state index contributed by atoms with van der Waals surface area (Å²) >= 11 is 0. The Bertz CT molecular complexity index is 498. The van der Waals surface area contributed by atoms with Gasteiger partial charge >= 0.3 is 0 Å². The van der Waals surface area contributed by atoms with Crippen molar-refractivity contribution in [1.29, 1.82) is 0 Å². The zero-order chi connectivity index (χ0) is 13.8. The molecule has 0 amide bonds. The lowest BCUT2D eigenvalue weighted by atomic mass is 10.1. The van der Waals surface area contributed by atoms with Crippen LogP contribution in [0, 0.1) is 20.2 Å². The van der Waals surface area contributed by atoms with Crippen molar-refractivity contribution in [2.45, 2.75) is 38.3 Å². The zero-order valence-electron chi connectivity index (χ0n) is 10.4. The van der Waals surface area contributed by atoms with E-state index in [4.69, 9.17) is 0 Å². The lowest BCUT2D eigenvalue weighted by Gasteiger charge is -2.11. The van der Waals surface area contributed by atoms with Crippen LogP contribution in [0.2, 0.25) is 0 Å². The molecule has 0 bridgehead atoms. The fourth-order valence-electron chi connectivity index (χ4n) is 2.37. The number of hydrogen-bond donors (Lipinski definition) is 1. The van der Waals surface area contributed by atoms with E-state index in [1.807, 2.05) is 0 Å². The fourth-order valence-corrected chi connectivity index (χ4v) is 2.37. The van der Waals surface area contributed by atoms with E-state index in [1.54, 1.807) is 0 Å². The second kappa shape index (κ2) is 5.75. The molecule has 0 atom stereocenters. The number of benzene rings is 1. The molecule has 0 unspecified atom stereocenters. The first kappa shape index (κ1) is 13.4. The third-order valence-corrected chi connectivity index (χ3v) is 3.41. The molecule has 1 fully saturated rings. The highest BCUT2D eigenvalue weighted by molar-refractivity contribution is 5.49. The number of nitro groups is 2. The van der Waals surface area contributed by atoms with Gasteiger partial charge in [0.25, 0.3) is 11.4 Å². The number of non-ortho nitro benzene ring substituents is 1. The van der Waals surface area contributed by atoms with Gasteiger partial charge < -0.3 is 5.32 Å². The Labute approximate surface area is 109 Å². The van der Waals surface area contributed by atoms with Crippen molar-refractivity contribution in [3.63, 3.8) is 0 Å². The van der Waals surface area contributed by atoms with Gasteiger partial charge in [-0.15, -0.1) is 0 Å². The quantitative estimate of drug-likeness (QED) is 0.651. The van der Waals surface area contributed by atoms with E-state index < -0.39 is 9.85 Å². The average Bonchev–Trinajstić information content (AvgIpc) is 2.89. The van der Waals surface area contributed by atoms with Crippen molar-refractivity contribution in [3.05, 3.63) is 44.0 Å². The summed E-state index contributed by atoms with van der Waals surface area (Å²) in [6, 6.07) is 4.18. The van der Waals surface area contributed by atoms with Crippen molar-refractivity contribution in [3.8, 4) is 0 Å². The summed E-state index contributed by atoms with van der Waals surface area (Å²) in [6.45, 7) is 0.374. The van der Waals surface area contributed by atoms with Crippen LogP contribution in [-0.2, 0) is 6.54 Å². The number of rotatable bonds is 5. The minimum atomic E-state index is -0.624. The monoisotopic (exact) mass is 265 g/mol. The standard InChI is InChI=1S/C12H15N3O4/c16-14(17)11-6-5-9(12(7-11)15(18)19)8-13-10-3-1-2-4-10/h5-7,10,13H,1-4,8H2. The molecule has 2 rings (SSSR count). The maximum atomic E-state index is 10.9. The van der Waals surface area contributed by atoms with Gasteiger partial charge in [0.1, 0.15) is 0 Å². The molecule has 1 aromatic carbocycles. The Balaban J connectivity index is 2.14. The van der Waals surface area contributed by atoms with E-state index in [-0.39, 0.29) is 11.4 Å². The van der Waals surface area contributed by atoms with E-state index >= 15 is 0 Å². The molecule has 7 nitrogen and oxygen atoms in total. The van der Waals surface area contributed by atoms with E-state index in [9.17, 15) is 20.2 Å². The van der Waals surface area contributed by atoms with Gasteiger partial charge in [0.05, 0.1) is 15.9 Å². The molecule has 0 aromatic heterocycles. The highest BCUT2D eigenvalue weighted by atomic mass is 16.6. The zero-order valence-corrected chi connectivity index (χ0v) is 10.4. The Morgan fingerprint density at radius 1 is 1.16 bits per heavy atom. The first-order valence-corrected chi connectivity index (χ1v) is 6.23. The van der Waals surface area contributed by atoms with Gasteiger partial charge in [-0.25, -0.2) is 0 Å². The summed E-state index contributed by atoms with van der Waals surface area (Å²) in [5.74, 6) is 0. The fraction of sp³-hybridized carbons (Fsp3) is 0.500. The van der Waals surface area contributed by atoms with Crippen molar-refractivity contribution < 1.29 is 9.85 Å². The third kappa shape index (κ3) is 3.25. The van der Waals surface area contributed by atoms with E-state index in [2.05, 4.69) is 5.32 Å². The van der Waals surface area contributed by atoms with Crippen LogP contribution in [0.15, 0.2) is 18.2 Å². The molecule has 0 aliphatic heterocycles. The second-order valence-electron chi connectivity index (χ2n) is 4.69. The van der Waals surface area contributed by atoms with Crippen LogP contribution in [0.1, 0.15) is 31.2 Å². The van der Waals surface area contributed by atoms with Gasteiger partial charge in [-0.2, -0.15) is 0 Å². The van der Waals surface area contributed by atoms with Crippen LogP contribution in [0.5, 0.6) is 0 Å². The van der Waals surface area contributed by atoms with Crippen LogP contribution < -0.4 is 5.32 Å². The van der Waals surface area contributed by atoms with Crippen LogP contribution in [0.4, 0.5) is 11.4 Å². The van der Waals surface area contributed by atoms with Crippen LogP contribution in [0.25, 0.3) is 0 Å². The molecule has 0 spiro atoms. The van der Waals surface area contributed by atoms with E-state index in [0.29, 0.717) is 18.2 Å². The minimum absolute atomic E-state index is 0.195. The smallest absolute Gasteiger partial charge is 0.280 e. The Kier molecular flexibility index (Phi) is 4.06. The largest absolute Gasteiger partial charge is 0.310 e. The van der Waals surface area contributed by atoms with Gasteiger partial charge in [-0.05, 0) is 18.9 Å². The highest BCUT2D eigenvalue weighted by Gasteiger charge is 2.20. The normalized spacial score (nSPS) is 15.6. The Morgan fingerprint density at radius 3 is 2.42 bits per heavy atom. The molecule has 102 valence electrons. The lowest BCUT2D eigenvalue weighted by molar-refractivity contribution is -0.394. The Morgan fingerprint density at radius 2 is 1.84 bits per heavy atom. The van der Waals surface area contributed by atoms with Gasteiger partial charge in [0.15, 0.2) is 0 Å².